The molecule has 0 saturated heterocycles. The molecule has 0 aliphatic carbocycles. The van der Waals surface area contributed by atoms with E-state index in [0.29, 0.717) is 12.8 Å². The van der Waals surface area contributed by atoms with Crippen LogP contribution in [0.4, 0.5) is 4.39 Å². The Bertz CT molecular complexity index is 745. The lowest BCUT2D eigenvalue weighted by molar-refractivity contribution is -0.141. The lowest BCUT2D eigenvalue weighted by atomic mass is 10.0. The zero-order valence-electron chi connectivity index (χ0n) is 16.1. The van der Waals surface area contributed by atoms with Crippen molar-refractivity contribution in [1.82, 2.24) is 10.2 Å². The van der Waals surface area contributed by atoms with Crippen LogP contribution in [0.3, 0.4) is 0 Å². The minimum Gasteiger partial charge on any atom is -0.352 e. The molecular formula is C22H27FN2O2. The van der Waals surface area contributed by atoms with Crippen molar-refractivity contribution in [3.8, 4) is 0 Å². The maximum atomic E-state index is 13.2. The summed E-state index contributed by atoms with van der Waals surface area (Å²) < 4.78 is 13.2. The molecule has 2 aromatic rings. The lowest BCUT2D eigenvalue weighted by Gasteiger charge is -2.32. The molecule has 0 aliphatic heterocycles. The molecule has 2 amide bonds. The summed E-state index contributed by atoms with van der Waals surface area (Å²) in [5.41, 5.74) is 1.77. The van der Waals surface area contributed by atoms with Crippen LogP contribution in [-0.4, -0.2) is 28.8 Å². The van der Waals surface area contributed by atoms with E-state index in [4.69, 9.17) is 0 Å². The molecule has 1 atom stereocenters. The molecule has 5 heteroatoms. The summed E-state index contributed by atoms with van der Waals surface area (Å²) in [6.45, 7) is 5.82. The van der Waals surface area contributed by atoms with Gasteiger partial charge in [0.05, 0.1) is 0 Å². The first-order valence-corrected chi connectivity index (χ1v) is 9.29. The summed E-state index contributed by atoms with van der Waals surface area (Å²) in [7, 11) is 0. The first kappa shape index (κ1) is 20.6. The molecule has 0 saturated carbocycles. The van der Waals surface area contributed by atoms with Crippen molar-refractivity contribution in [1.29, 1.82) is 0 Å². The molecule has 0 heterocycles. The molecule has 0 fully saturated rings. The third-order valence-corrected chi connectivity index (χ3v) is 4.27. The summed E-state index contributed by atoms with van der Waals surface area (Å²) in [5.74, 6) is -0.623. The van der Waals surface area contributed by atoms with E-state index in [0.717, 1.165) is 11.1 Å². The topological polar surface area (TPSA) is 49.4 Å². The van der Waals surface area contributed by atoms with Crippen LogP contribution in [0.5, 0.6) is 0 Å². The van der Waals surface area contributed by atoms with Crippen LogP contribution >= 0.6 is 0 Å². The lowest BCUT2D eigenvalue weighted by Crippen LogP contribution is -2.51. The van der Waals surface area contributed by atoms with Gasteiger partial charge in [0, 0.05) is 25.4 Å². The highest BCUT2D eigenvalue weighted by atomic mass is 19.1. The molecule has 1 N–H and O–H groups in total. The quantitative estimate of drug-likeness (QED) is 0.770. The Morgan fingerprint density at radius 2 is 1.63 bits per heavy atom. The maximum absolute atomic E-state index is 13.2. The highest BCUT2D eigenvalue weighted by Gasteiger charge is 2.29. The van der Waals surface area contributed by atoms with E-state index in [9.17, 15) is 14.0 Å². The van der Waals surface area contributed by atoms with Gasteiger partial charge >= 0.3 is 0 Å². The van der Waals surface area contributed by atoms with Gasteiger partial charge < -0.3 is 10.2 Å². The number of hydrogen-bond acceptors (Lipinski definition) is 2. The van der Waals surface area contributed by atoms with E-state index in [1.807, 2.05) is 44.2 Å². The summed E-state index contributed by atoms with van der Waals surface area (Å²) >= 11 is 0. The van der Waals surface area contributed by atoms with E-state index in [1.54, 1.807) is 24.0 Å². The SMILES string of the molecule is CCC(=O)N(Cc1ccc(F)cc1)[C@H](Cc1ccccc1)C(=O)NC(C)C. The summed E-state index contributed by atoms with van der Waals surface area (Å²) in [6, 6.07) is 15.0. The summed E-state index contributed by atoms with van der Waals surface area (Å²) in [6.07, 6.45) is 0.716. The molecule has 0 bridgehead atoms. The van der Waals surface area contributed by atoms with Gasteiger partial charge in [-0.1, -0.05) is 49.4 Å². The summed E-state index contributed by atoms with van der Waals surface area (Å²) in [4.78, 5) is 27.2. The number of benzene rings is 2. The second-order valence-electron chi connectivity index (χ2n) is 6.87. The van der Waals surface area contributed by atoms with E-state index >= 15 is 0 Å². The van der Waals surface area contributed by atoms with Crippen molar-refractivity contribution in [3.05, 3.63) is 71.5 Å². The van der Waals surface area contributed by atoms with Crippen molar-refractivity contribution in [2.75, 3.05) is 0 Å². The van der Waals surface area contributed by atoms with Crippen molar-refractivity contribution in [2.24, 2.45) is 0 Å². The van der Waals surface area contributed by atoms with Gasteiger partial charge in [0.15, 0.2) is 0 Å². The second kappa shape index (κ2) is 9.86. The van der Waals surface area contributed by atoms with Crippen molar-refractivity contribution >= 4 is 11.8 Å². The Morgan fingerprint density at radius 1 is 1.00 bits per heavy atom. The van der Waals surface area contributed by atoms with Crippen LogP contribution < -0.4 is 5.32 Å². The van der Waals surface area contributed by atoms with Crippen LogP contribution in [0.25, 0.3) is 0 Å². The van der Waals surface area contributed by atoms with Crippen LogP contribution in [-0.2, 0) is 22.6 Å². The number of nitrogens with zero attached hydrogens (tertiary/aromatic N) is 1. The first-order valence-electron chi connectivity index (χ1n) is 9.29. The maximum Gasteiger partial charge on any atom is 0.243 e. The first-order chi connectivity index (χ1) is 12.9. The highest BCUT2D eigenvalue weighted by Crippen LogP contribution is 2.16. The van der Waals surface area contributed by atoms with Gasteiger partial charge in [0.1, 0.15) is 11.9 Å². The molecule has 4 nitrogen and oxygen atoms in total. The molecule has 0 spiro atoms. The number of halogens is 1. The van der Waals surface area contributed by atoms with Crippen LogP contribution in [0.1, 0.15) is 38.3 Å². The number of hydrogen-bond donors (Lipinski definition) is 1. The Kier molecular flexibility index (Phi) is 7.53. The Morgan fingerprint density at radius 3 is 2.19 bits per heavy atom. The number of rotatable bonds is 8. The van der Waals surface area contributed by atoms with E-state index in [1.165, 1.54) is 12.1 Å². The smallest absolute Gasteiger partial charge is 0.243 e. The zero-order valence-corrected chi connectivity index (χ0v) is 16.1. The van der Waals surface area contributed by atoms with Gasteiger partial charge in [0.2, 0.25) is 11.8 Å². The molecule has 2 aromatic carbocycles. The third kappa shape index (κ3) is 6.20. The van der Waals surface area contributed by atoms with Crippen LogP contribution in [0.15, 0.2) is 54.6 Å². The Labute approximate surface area is 160 Å². The van der Waals surface area contributed by atoms with E-state index in [-0.39, 0.29) is 30.2 Å². The molecule has 0 aliphatic rings. The third-order valence-electron chi connectivity index (χ3n) is 4.27. The molecule has 144 valence electrons. The molecule has 27 heavy (non-hydrogen) atoms. The van der Waals surface area contributed by atoms with Gasteiger partial charge in [-0.3, -0.25) is 9.59 Å². The molecule has 0 unspecified atom stereocenters. The predicted octanol–water partition coefficient (Wildman–Crippen LogP) is 3.70. The average Bonchev–Trinajstić information content (AvgIpc) is 2.65. The fourth-order valence-corrected chi connectivity index (χ4v) is 2.92. The largest absolute Gasteiger partial charge is 0.352 e. The average molecular weight is 370 g/mol. The Balaban J connectivity index is 2.33. The standard InChI is InChI=1S/C22H27FN2O2/c1-4-21(26)25(15-18-10-12-19(23)13-11-18)20(22(27)24-16(2)3)14-17-8-6-5-7-9-17/h5-13,16,20H,4,14-15H2,1-3H3,(H,24,27)/t20-/m1/s1. The van der Waals surface area contributed by atoms with E-state index < -0.39 is 6.04 Å². The Hall–Kier alpha value is -2.69. The fourth-order valence-electron chi connectivity index (χ4n) is 2.92. The number of carbonyl (C=O) groups excluding carboxylic acids is 2. The number of nitrogens with one attached hydrogen (secondary N) is 1. The fraction of sp³-hybridized carbons (Fsp3) is 0.364. The van der Waals surface area contributed by atoms with Crippen LogP contribution in [0.2, 0.25) is 0 Å². The highest BCUT2D eigenvalue weighted by molar-refractivity contribution is 5.88. The predicted molar refractivity (Wildman–Crippen MR) is 104 cm³/mol. The van der Waals surface area contributed by atoms with Gasteiger partial charge in [-0.05, 0) is 37.1 Å². The summed E-state index contributed by atoms with van der Waals surface area (Å²) in [5, 5.41) is 2.92. The van der Waals surface area contributed by atoms with E-state index in [2.05, 4.69) is 5.32 Å². The van der Waals surface area contributed by atoms with Gasteiger partial charge in [-0.2, -0.15) is 0 Å². The molecular weight excluding hydrogens is 343 g/mol. The monoisotopic (exact) mass is 370 g/mol. The number of carbonyl (C=O) groups is 2. The zero-order chi connectivity index (χ0) is 19.8. The van der Waals surface area contributed by atoms with Gasteiger partial charge in [-0.25, -0.2) is 4.39 Å². The van der Waals surface area contributed by atoms with Crippen molar-refractivity contribution in [2.45, 2.75) is 52.2 Å². The van der Waals surface area contributed by atoms with Gasteiger partial charge in [0.25, 0.3) is 0 Å². The molecule has 0 radical (unpaired) electrons. The molecule has 0 aromatic heterocycles. The second-order valence-corrected chi connectivity index (χ2v) is 6.87. The minimum absolute atomic E-state index is 0.0276. The van der Waals surface area contributed by atoms with Crippen LogP contribution in [0, 0.1) is 5.82 Å². The van der Waals surface area contributed by atoms with Gasteiger partial charge in [-0.15, -0.1) is 0 Å². The van der Waals surface area contributed by atoms with Crippen molar-refractivity contribution < 1.29 is 14.0 Å². The van der Waals surface area contributed by atoms with Crippen molar-refractivity contribution in [3.63, 3.8) is 0 Å². The number of amides is 2. The molecule has 2 rings (SSSR count). The normalized spacial score (nSPS) is 11.9. The minimum atomic E-state index is -0.632.